The number of amides is 1. The molecule has 1 N–H and O–H groups in total. The third-order valence-corrected chi connectivity index (χ3v) is 7.76. The molecule has 204 valence electrons. The lowest BCUT2D eigenvalue weighted by Gasteiger charge is -2.35. The maximum absolute atomic E-state index is 15.5. The van der Waals surface area contributed by atoms with Crippen molar-refractivity contribution in [3.63, 3.8) is 0 Å². The van der Waals surface area contributed by atoms with Crippen LogP contribution in [0, 0.1) is 6.92 Å². The molecule has 3 heterocycles. The summed E-state index contributed by atoms with van der Waals surface area (Å²) in [6.07, 6.45) is 2.20. The third-order valence-electron chi connectivity index (χ3n) is 6.69. The summed E-state index contributed by atoms with van der Waals surface area (Å²) in [5, 5.41) is 2.97. The molecule has 1 aliphatic heterocycles. The van der Waals surface area contributed by atoms with E-state index in [1.165, 1.54) is 12.4 Å². The molecule has 4 rings (SSSR count). The molecule has 0 bridgehead atoms. The number of carbonyl (C=O) groups is 1. The predicted octanol–water partition coefficient (Wildman–Crippen LogP) is 3.82. The summed E-state index contributed by atoms with van der Waals surface area (Å²) >= 11 is 1.16. The van der Waals surface area contributed by atoms with Crippen molar-refractivity contribution >= 4 is 17.2 Å². The zero-order valence-electron chi connectivity index (χ0n) is 20.7. The van der Waals surface area contributed by atoms with Crippen molar-refractivity contribution < 1.29 is 31.8 Å². The van der Waals surface area contributed by atoms with Gasteiger partial charge in [-0.05, 0) is 45.4 Å². The Morgan fingerprint density at radius 2 is 1.89 bits per heavy atom. The van der Waals surface area contributed by atoms with Crippen LogP contribution in [0.1, 0.15) is 48.5 Å². The average Bonchev–Trinajstić information content (AvgIpc) is 3.15. The summed E-state index contributed by atoms with van der Waals surface area (Å²) in [5.74, 6) is 0.779. The minimum absolute atomic E-state index is 0.0538. The predicted molar refractivity (Wildman–Crippen MR) is 129 cm³/mol. The summed E-state index contributed by atoms with van der Waals surface area (Å²) in [4.78, 5) is 27.6. The van der Waals surface area contributed by atoms with E-state index in [4.69, 9.17) is 9.47 Å². The van der Waals surface area contributed by atoms with Gasteiger partial charge in [-0.25, -0.2) is 19.3 Å². The maximum Gasteiger partial charge on any atom is 0.422 e. The number of rotatable bonds is 9. The Morgan fingerprint density at radius 1 is 1.19 bits per heavy atom. The Labute approximate surface area is 216 Å². The largest absolute Gasteiger partial charge is 0.481 e. The molecular formula is C24H31F4N5O3S. The van der Waals surface area contributed by atoms with E-state index in [1.807, 2.05) is 0 Å². The molecule has 37 heavy (non-hydrogen) atoms. The molecule has 0 spiro atoms. The fraction of sp³-hybridized carbons (Fsp3) is 0.667. The van der Waals surface area contributed by atoms with Gasteiger partial charge in [-0.3, -0.25) is 4.79 Å². The fourth-order valence-electron chi connectivity index (χ4n) is 4.58. The van der Waals surface area contributed by atoms with Crippen LogP contribution in [-0.4, -0.2) is 76.5 Å². The van der Waals surface area contributed by atoms with Crippen LogP contribution in [0.2, 0.25) is 0 Å². The van der Waals surface area contributed by atoms with Crippen LogP contribution in [0.25, 0.3) is 0 Å². The van der Waals surface area contributed by atoms with E-state index < -0.39 is 18.5 Å². The number of thiazole rings is 1. The summed E-state index contributed by atoms with van der Waals surface area (Å²) in [6.45, 7) is 2.26. The van der Waals surface area contributed by atoms with Crippen molar-refractivity contribution in [2.24, 2.45) is 0 Å². The first kappa shape index (κ1) is 27.5. The van der Waals surface area contributed by atoms with Crippen molar-refractivity contribution in [2.45, 2.75) is 69.8 Å². The molecule has 0 radical (unpaired) electrons. The molecule has 1 aliphatic carbocycles. The van der Waals surface area contributed by atoms with Gasteiger partial charge in [-0.15, -0.1) is 0 Å². The lowest BCUT2D eigenvalue weighted by molar-refractivity contribution is -0.153. The highest BCUT2D eigenvalue weighted by Crippen LogP contribution is 2.36. The topological polar surface area (TPSA) is 89.5 Å². The van der Waals surface area contributed by atoms with E-state index in [2.05, 4.69) is 25.2 Å². The molecule has 1 fully saturated rings. The van der Waals surface area contributed by atoms with Gasteiger partial charge in [-0.2, -0.15) is 13.2 Å². The average molecular weight is 546 g/mol. The van der Waals surface area contributed by atoms with E-state index in [-0.39, 0.29) is 23.7 Å². The van der Waals surface area contributed by atoms with Gasteiger partial charge < -0.3 is 19.7 Å². The molecule has 1 saturated carbocycles. The van der Waals surface area contributed by atoms with Gasteiger partial charge in [0.2, 0.25) is 0 Å². The molecule has 0 atom stereocenters. The molecule has 2 aliphatic rings. The first-order valence-corrected chi connectivity index (χ1v) is 13.2. The third kappa shape index (κ3) is 8.49. The monoisotopic (exact) mass is 545 g/mol. The van der Waals surface area contributed by atoms with Crippen molar-refractivity contribution in [1.82, 2.24) is 25.2 Å². The van der Waals surface area contributed by atoms with Crippen molar-refractivity contribution in [1.29, 1.82) is 0 Å². The number of aromatic nitrogens is 3. The Balaban J connectivity index is 1.15. The van der Waals surface area contributed by atoms with Gasteiger partial charge in [0, 0.05) is 37.0 Å². The van der Waals surface area contributed by atoms with Crippen molar-refractivity contribution in [3.05, 3.63) is 28.8 Å². The molecule has 0 unspecified atom stereocenters. The maximum atomic E-state index is 15.5. The number of hydrogen-bond donors (Lipinski definition) is 1. The highest BCUT2D eigenvalue weighted by molar-refractivity contribution is 7.13. The Bertz CT molecular complexity index is 1020. The molecule has 0 saturated heterocycles. The van der Waals surface area contributed by atoms with Gasteiger partial charge in [0.25, 0.3) is 11.1 Å². The minimum atomic E-state index is -4.39. The first-order valence-electron chi connectivity index (χ1n) is 12.4. The van der Waals surface area contributed by atoms with Crippen molar-refractivity contribution in [2.75, 3.05) is 32.8 Å². The van der Waals surface area contributed by atoms with Gasteiger partial charge in [0.15, 0.2) is 19.0 Å². The second-order valence-electron chi connectivity index (χ2n) is 9.59. The van der Waals surface area contributed by atoms with Crippen molar-refractivity contribution in [3.8, 4) is 10.9 Å². The summed E-state index contributed by atoms with van der Waals surface area (Å²) < 4.78 is 62.8. The number of nitrogens with zero attached hydrogens (tertiary/aromatic N) is 4. The first-order chi connectivity index (χ1) is 17.6. The van der Waals surface area contributed by atoms with E-state index in [1.54, 1.807) is 6.92 Å². The molecule has 0 aromatic carbocycles. The highest BCUT2D eigenvalue weighted by atomic mass is 32.1. The Hall–Kier alpha value is -2.54. The molecule has 2 aromatic rings. The standard InChI is InChI=1S/C24H31F4N5O3S/c1-16-29-12-18(13-30-16)35-14-21(34)31-17-2-6-23(25,7-3-17)8-11-33-9-4-19-20(5-10-33)37-22(32-19)36-15-24(26,27)28/h12-13,17H,2-11,14-15H2,1H3,(H,31,34)/t17-,23+. The number of aryl methyl sites for hydroxylation is 1. The zero-order chi connectivity index (χ0) is 26.5. The molecule has 1 amide bonds. The summed E-state index contributed by atoms with van der Waals surface area (Å²) in [6, 6.07) is -0.0803. The van der Waals surface area contributed by atoms with Gasteiger partial charge in [-0.1, -0.05) is 11.3 Å². The molecule has 2 aromatic heterocycles. The normalized spacial score (nSPS) is 22.7. The zero-order valence-corrected chi connectivity index (χ0v) is 21.5. The minimum Gasteiger partial charge on any atom is -0.481 e. The summed E-state index contributed by atoms with van der Waals surface area (Å²) in [7, 11) is 0. The van der Waals surface area contributed by atoms with Crippen LogP contribution >= 0.6 is 11.3 Å². The van der Waals surface area contributed by atoms with Crippen LogP contribution in [0.5, 0.6) is 10.9 Å². The molecule has 8 nitrogen and oxygen atoms in total. The quantitative estimate of drug-likeness (QED) is 0.480. The number of fused-ring (bicyclic) bond motifs is 1. The van der Waals surface area contributed by atoms with Gasteiger partial charge in [0.05, 0.1) is 18.1 Å². The van der Waals surface area contributed by atoms with E-state index in [9.17, 15) is 18.0 Å². The highest BCUT2D eigenvalue weighted by Gasteiger charge is 2.36. The van der Waals surface area contributed by atoms with Crippen LogP contribution in [0.15, 0.2) is 12.4 Å². The summed E-state index contributed by atoms with van der Waals surface area (Å²) in [5.41, 5.74) is -0.500. The lowest BCUT2D eigenvalue weighted by atomic mass is 9.81. The van der Waals surface area contributed by atoms with Gasteiger partial charge >= 0.3 is 6.18 Å². The molecule has 13 heteroatoms. The van der Waals surface area contributed by atoms with Gasteiger partial charge in [0.1, 0.15) is 11.5 Å². The number of carbonyl (C=O) groups excluding carboxylic acids is 1. The number of hydrogen-bond acceptors (Lipinski definition) is 8. The van der Waals surface area contributed by atoms with E-state index in [0.717, 1.165) is 21.9 Å². The second-order valence-corrected chi connectivity index (χ2v) is 10.6. The molecular weight excluding hydrogens is 514 g/mol. The SMILES string of the molecule is Cc1ncc(OCC(=O)N[C@H]2CC[C@](F)(CCN3CCc4nc(OCC(F)(F)F)sc4CC3)CC2)cn1. The van der Waals surface area contributed by atoms with E-state index in [0.29, 0.717) is 76.2 Å². The number of halogens is 4. The van der Waals surface area contributed by atoms with E-state index >= 15 is 4.39 Å². The lowest BCUT2D eigenvalue weighted by Crippen LogP contribution is -2.44. The number of nitrogens with one attached hydrogen (secondary N) is 1. The number of alkyl halides is 4. The Kier molecular flexibility index (Phi) is 8.83. The Morgan fingerprint density at radius 3 is 2.59 bits per heavy atom. The van der Waals surface area contributed by atoms with Crippen LogP contribution < -0.4 is 14.8 Å². The smallest absolute Gasteiger partial charge is 0.422 e. The van der Waals surface area contributed by atoms with Crippen LogP contribution in [0.3, 0.4) is 0 Å². The van der Waals surface area contributed by atoms with Crippen LogP contribution in [0.4, 0.5) is 17.6 Å². The second kappa shape index (κ2) is 11.9. The fourth-order valence-corrected chi connectivity index (χ4v) is 5.52. The van der Waals surface area contributed by atoms with Crippen LogP contribution in [-0.2, 0) is 17.6 Å². The number of ether oxygens (including phenoxy) is 2.